The first kappa shape index (κ1) is 13.9. The molecule has 2 aromatic heterocycles. The number of aromatic nitrogens is 4. The molecule has 3 heterocycles. The largest absolute Gasteiger partial charge is 0.341 e. The number of aryl methyl sites for hydroxylation is 1. The number of nitrogens with one attached hydrogen (secondary N) is 1. The summed E-state index contributed by atoms with van der Waals surface area (Å²) in [7, 11) is 0. The van der Waals surface area contributed by atoms with E-state index >= 15 is 0 Å². The molecule has 0 spiro atoms. The third-order valence-electron chi connectivity index (χ3n) is 4.18. The molecule has 21 heavy (non-hydrogen) atoms. The second-order valence-electron chi connectivity index (χ2n) is 5.82. The topological polar surface area (TPSA) is 66.8 Å². The summed E-state index contributed by atoms with van der Waals surface area (Å²) in [5.74, 6) is 0.698. The third kappa shape index (κ3) is 3.32. The molecular weight excluding hydrogens is 266 g/mol. The fraction of sp³-hybridized carbons (Fsp3) is 0.533. The summed E-state index contributed by atoms with van der Waals surface area (Å²) < 4.78 is 1.82. The van der Waals surface area contributed by atoms with Crippen LogP contribution in [0.15, 0.2) is 24.9 Å². The van der Waals surface area contributed by atoms with Gasteiger partial charge >= 0.3 is 0 Å². The van der Waals surface area contributed by atoms with Crippen molar-refractivity contribution in [2.75, 3.05) is 13.1 Å². The van der Waals surface area contributed by atoms with E-state index in [1.54, 1.807) is 12.5 Å². The SMILES string of the molecule is Cc1cn[nH]c1CC1CCCN(C(=O)Cn2ccnc2)C1. The Labute approximate surface area is 124 Å². The number of carbonyl (C=O) groups is 1. The summed E-state index contributed by atoms with van der Waals surface area (Å²) in [5.41, 5.74) is 2.40. The van der Waals surface area contributed by atoms with E-state index in [2.05, 4.69) is 22.1 Å². The maximum atomic E-state index is 12.3. The molecule has 1 aliphatic rings. The van der Waals surface area contributed by atoms with E-state index in [4.69, 9.17) is 0 Å². The molecule has 1 amide bonds. The number of amides is 1. The van der Waals surface area contributed by atoms with Gasteiger partial charge in [-0.05, 0) is 37.7 Å². The van der Waals surface area contributed by atoms with Crippen molar-refractivity contribution in [3.8, 4) is 0 Å². The molecule has 6 heteroatoms. The summed E-state index contributed by atoms with van der Waals surface area (Å²) in [6.45, 7) is 4.16. The molecular formula is C15H21N5O. The zero-order valence-corrected chi connectivity index (χ0v) is 12.3. The highest BCUT2D eigenvalue weighted by Crippen LogP contribution is 2.21. The Morgan fingerprint density at radius 3 is 3.14 bits per heavy atom. The van der Waals surface area contributed by atoms with Crippen molar-refractivity contribution in [2.45, 2.75) is 32.7 Å². The van der Waals surface area contributed by atoms with Crippen molar-refractivity contribution in [2.24, 2.45) is 5.92 Å². The quantitative estimate of drug-likeness (QED) is 0.924. The van der Waals surface area contributed by atoms with Crippen molar-refractivity contribution >= 4 is 5.91 Å². The highest BCUT2D eigenvalue weighted by atomic mass is 16.2. The van der Waals surface area contributed by atoms with Gasteiger partial charge in [0.1, 0.15) is 6.54 Å². The highest BCUT2D eigenvalue weighted by molar-refractivity contribution is 5.76. The van der Waals surface area contributed by atoms with Crippen LogP contribution in [0.1, 0.15) is 24.1 Å². The Morgan fingerprint density at radius 1 is 1.52 bits per heavy atom. The van der Waals surface area contributed by atoms with Gasteiger partial charge in [0.05, 0.1) is 12.5 Å². The first-order valence-corrected chi connectivity index (χ1v) is 7.44. The number of aromatic amines is 1. The second kappa shape index (κ2) is 6.11. The zero-order valence-electron chi connectivity index (χ0n) is 12.3. The lowest BCUT2D eigenvalue weighted by atomic mass is 9.92. The van der Waals surface area contributed by atoms with Crippen LogP contribution < -0.4 is 0 Å². The van der Waals surface area contributed by atoms with Crippen LogP contribution in [-0.4, -0.2) is 43.6 Å². The van der Waals surface area contributed by atoms with Gasteiger partial charge in [0.2, 0.25) is 5.91 Å². The second-order valence-corrected chi connectivity index (χ2v) is 5.82. The molecule has 0 aromatic carbocycles. The van der Waals surface area contributed by atoms with Gasteiger partial charge in [0.15, 0.2) is 0 Å². The Hall–Kier alpha value is -2.11. The van der Waals surface area contributed by atoms with Crippen molar-refractivity contribution in [1.82, 2.24) is 24.6 Å². The minimum absolute atomic E-state index is 0.180. The number of likely N-dealkylation sites (tertiary alicyclic amines) is 1. The lowest BCUT2D eigenvalue weighted by molar-refractivity contribution is -0.133. The number of hydrogen-bond acceptors (Lipinski definition) is 3. The minimum atomic E-state index is 0.180. The van der Waals surface area contributed by atoms with E-state index in [0.29, 0.717) is 12.5 Å². The summed E-state index contributed by atoms with van der Waals surface area (Å²) in [5, 5.41) is 7.14. The van der Waals surface area contributed by atoms with Gasteiger partial charge in [-0.15, -0.1) is 0 Å². The van der Waals surface area contributed by atoms with Crippen LogP contribution >= 0.6 is 0 Å². The molecule has 2 aromatic rings. The molecule has 1 N–H and O–H groups in total. The predicted octanol–water partition coefficient (Wildman–Crippen LogP) is 1.40. The highest BCUT2D eigenvalue weighted by Gasteiger charge is 2.24. The molecule has 1 aliphatic heterocycles. The third-order valence-corrected chi connectivity index (χ3v) is 4.18. The van der Waals surface area contributed by atoms with E-state index in [1.807, 2.05) is 21.9 Å². The summed E-state index contributed by atoms with van der Waals surface area (Å²) in [6, 6.07) is 0. The van der Waals surface area contributed by atoms with Crippen molar-refractivity contribution in [3.05, 3.63) is 36.2 Å². The van der Waals surface area contributed by atoms with Crippen LogP contribution in [-0.2, 0) is 17.8 Å². The van der Waals surface area contributed by atoms with Gasteiger partial charge in [-0.25, -0.2) is 4.98 Å². The summed E-state index contributed by atoms with van der Waals surface area (Å²) in [6.07, 6.45) is 10.3. The smallest absolute Gasteiger partial charge is 0.242 e. The summed E-state index contributed by atoms with van der Waals surface area (Å²) in [4.78, 5) is 18.3. The Kier molecular flexibility index (Phi) is 4.03. The molecule has 1 atom stereocenters. The monoisotopic (exact) mass is 287 g/mol. The van der Waals surface area contributed by atoms with E-state index < -0.39 is 0 Å². The molecule has 0 aliphatic carbocycles. The predicted molar refractivity (Wildman–Crippen MR) is 78.6 cm³/mol. The Balaban J connectivity index is 1.57. The number of nitrogens with zero attached hydrogens (tertiary/aromatic N) is 4. The van der Waals surface area contributed by atoms with Crippen LogP contribution in [0.3, 0.4) is 0 Å². The minimum Gasteiger partial charge on any atom is -0.341 e. The first-order valence-electron chi connectivity index (χ1n) is 7.44. The Morgan fingerprint density at radius 2 is 2.43 bits per heavy atom. The maximum Gasteiger partial charge on any atom is 0.242 e. The maximum absolute atomic E-state index is 12.3. The van der Waals surface area contributed by atoms with Crippen molar-refractivity contribution in [1.29, 1.82) is 0 Å². The fourth-order valence-corrected chi connectivity index (χ4v) is 2.96. The number of H-pyrrole nitrogens is 1. The van der Waals surface area contributed by atoms with E-state index in [0.717, 1.165) is 25.9 Å². The van der Waals surface area contributed by atoms with Gasteiger partial charge in [-0.2, -0.15) is 5.10 Å². The number of carbonyl (C=O) groups excluding carboxylic acids is 1. The standard InChI is InChI=1S/C15H21N5O/c1-12-8-17-18-14(12)7-13-3-2-5-20(9-13)15(21)10-19-6-4-16-11-19/h4,6,8,11,13H,2-3,5,7,9-10H2,1H3,(H,17,18). The molecule has 1 unspecified atom stereocenters. The van der Waals surface area contributed by atoms with Crippen LogP contribution in [0, 0.1) is 12.8 Å². The van der Waals surface area contributed by atoms with Crippen LogP contribution in [0.4, 0.5) is 0 Å². The molecule has 1 saturated heterocycles. The van der Waals surface area contributed by atoms with Gasteiger partial charge in [0.25, 0.3) is 0 Å². The van der Waals surface area contributed by atoms with Crippen molar-refractivity contribution < 1.29 is 4.79 Å². The fourth-order valence-electron chi connectivity index (χ4n) is 2.96. The number of hydrogen-bond donors (Lipinski definition) is 1. The first-order chi connectivity index (χ1) is 10.2. The molecule has 0 saturated carbocycles. The van der Waals surface area contributed by atoms with Gasteiger partial charge < -0.3 is 9.47 Å². The average Bonchev–Trinajstić information content (AvgIpc) is 3.12. The van der Waals surface area contributed by atoms with Gasteiger partial charge in [-0.1, -0.05) is 0 Å². The normalized spacial score (nSPS) is 18.9. The van der Waals surface area contributed by atoms with Crippen LogP contribution in [0.2, 0.25) is 0 Å². The lowest BCUT2D eigenvalue weighted by Crippen LogP contribution is -2.42. The molecule has 0 bridgehead atoms. The van der Waals surface area contributed by atoms with Crippen LogP contribution in [0.5, 0.6) is 0 Å². The average molecular weight is 287 g/mol. The number of piperidine rings is 1. The molecule has 1 fully saturated rings. The number of rotatable bonds is 4. The summed E-state index contributed by atoms with van der Waals surface area (Å²) >= 11 is 0. The van der Waals surface area contributed by atoms with Crippen LogP contribution in [0.25, 0.3) is 0 Å². The number of imidazole rings is 1. The van der Waals surface area contributed by atoms with Crippen molar-refractivity contribution in [3.63, 3.8) is 0 Å². The Bertz CT molecular complexity index is 589. The van der Waals surface area contributed by atoms with E-state index in [9.17, 15) is 4.79 Å². The molecule has 0 radical (unpaired) electrons. The van der Waals surface area contributed by atoms with E-state index in [1.165, 1.54) is 17.7 Å². The van der Waals surface area contributed by atoms with E-state index in [-0.39, 0.29) is 5.91 Å². The molecule has 3 rings (SSSR count). The van der Waals surface area contributed by atoms with Gasteiger partial charge in [0, 0.05) is 31.2 Å². The lowest BCUT2D eigenvalue weighted by Gasteiger charge is -2.32. The zero-order chi connectivity index (χ0) is 14.7. The van der Waals surface area contributed by atoms with Gasteiger partial charge in [-0.3, -0.25) is 9.89 Å². The molecule has 6 nitrogen and oxygen atoms in total. The molecule has 112 valence electrons.